The van der Waals surface area contributed by atoms with Gasteiger partial charge < -0.3 is 20.3 Å². The fraction of sp³-hybridized carbons (Fsp3) is 0.700. The lowest BCUT2D eigenvalue weighted by molar-refractivity contribution is -0.127. The fourth-order valence-electron chi connectivity index (χ4n) is 3.91. The molecule has 1 amide bonds. The Kier molecular flexibility index (Phi) is 9.49. The summed E-state index contributed by atoms with van der Waals surface area (Å²) in [4.78, 5) is 19.3. The van der Waals surface area contributed by atoms with Gasteiger partial charge in [0.15, 0.2) is 5.96 Å². The molecule has 3 rings (SSSR count). The molecule has 0 radical (unpaired) electrons. The molecule has 1 atom stereocenters. The van der Waals surface area contributed by atoms with Gasteiger partial charge in [-0.3, -0.25) is 4.79 Å². The van der Waals surface area contributed by atoms with Gasteiger partial charge in [0.25, 0.3) is 0 Å². The molecule has 2 aliphatic rings. The van der Waals surface area contributed by atoms with Crippen LogP contribution >= 0.6 is 35.3 Å². The number of hydrogen-bond donors (Lipinski definition) is 2. The molecule has 1 saturated heterocycles. The number of hydrogen-bond acceptors (Lipinski definition) is 4. The number of ether oxygens (including phenoxy) is 1. The average Bonchev–Trinajstić information content (AvgIpc) is 3.18. The van der Waals surface area contributed by atoms with Crippen LogP contribution in [0.2, 0.25) is 0 Å². The second-order valence-electron chi connectivity index (χ2n) is 7.81. The number of rotatable bonds is 5. The minimum atomic E-state index is 0. The number of amides is 1. The van der Waals surface area contributed by atoms with E-state index in [4.69, 9.17) is 4.74 Å². The molecule has 0 aromatic carbocycles. The molecule has 2 fully saturated rings. The molecule has 0 bridgehead atoms. The van der Waals surface area contributed by atoms with Crippen molar-refractivity contribution in [1.82, 2.24) is 15.5 Å². The summed E-state index contributed by atoms with van der Waals surface area (Å²) in [5, 5.41) is 9.04. The minimum absolute atomic E-state index is 0. The Morgan fingerprint density at radius 2 is 2.14 bits per heavy atom. The standard InChI is InChI=1S/C20H32N4O2S.HI/c1-24(2)18(25)15-22-19(21-14-17-7-6-12-27-17)23-16-8-11-26-20(13-16)9-4-3-5-10-20;/h6-7,12,16H,3-5,8-11,13-15H2,1-2H3,(H2,21,22,23);1H. The molecule has 1 saturated carbocycles. The van der Waals surface area contributed by atoms with Gasteiger partial charge in [0, 0.05) is 31.6 Å². The molecule has 28 heavy (non-hydrogen) atoms. The summed E-state index contributed by atoms with van der Waals surface area (Å²) in [6.45, 7) is 1.67. The highest BCUT2D eigenvalue weighted by atomic mass is 127. The van der Waals surface area contributed by atoms with Crippen molar-refractivity contribution >= 4 is 47.2 Å². The van der Waals surface area contributed by atoms with Crippen molar-refractivity contribution in [2.24, 2.45) is 4.99 Å². The minimum Gasteiger partial charge on any atom is -0.375 e. The molecular formula is C20H33IN4O2S. The molecule has 2 heterocycles. The molecule has 1 unspecified atom stereocenters. The number of likely N-dealkylation sites (N-methyl/N-ethyl adjacent to an activating group) is 1. The van der Waals surface area contributed by atoms with E-state index >= 15 is 0 Å². The van der Waals surface area contributed by atoms with E-state index in [1.165, 1.54) is 37.0 Å². The lowest BCUT2D eigenvalue weighted by atomic mass is 9.78. The Balaban J connectivity index is 0.00000280. The van der Waals surface area contributed by atoms with E-state index in [2.05, 4.69) is 27.1 Å². The third kappa shape index (κ3) is 6.88. The molecule has 6 nitrogen and oxygen atoms in total. The van der Waals surface area contributed by atoms with Crippen molar-refractivity contribution in [3.63, 3.8) is 0 Å². The maximum Gasteiger partial charge on any atom is 0.243 e. The van der Waals surface area contributed by atoms with Crippen molar-refractivity contribution < 1.29 is 9.53 Å². The zero-order valence-electron chi connectivity index (χ0n) is 16.9. The summed E-state index contributed by atoms with van der Waals surface area (Å²) >= 11 is 1.72. The van der Waals surface area contributed by atoms with E-state index in [9.17, 15) is 4.79 Å². The van der Waals surface area contributed by atoms with Crippen molar-refractivity contribution in [2.45, 2.75) is 63.1 Å². The average molecular weight is 520 g/mol. The second kappa shape index (κ2) is 11.3. The maximum atomic E-state index is 12.0. The van der Waals surface area contributed by atoms with Gasteiger partial charge in [0.05, 0.1) is 12.1 Å². The smallest absolute Gasteiger partial charge is 0.243 e. The van der Waals surface area contributed by atoms with Crippen LogP contribution in [0.4, 0.5) is 0 Å². The van der Waals surface area contributed by atoms with E-state index < -0.39 is 0 Å². The first-order valence-electron chi connectivity index (χ1n) is 9.98. The van der Waals surface area contributed by atoms with Crippen LogP contribution in [0.5, 0.6) is 0 Å². The highest BCUT2D eigenvalue weighted by molar-refractivity contribution is 14.0. The number of guanidine groups is 1. The van der Waals surface area contributed by atoms with Crippen LogP contribution in [0.25, 0.3) is 0 Å². The third-order valence-electron chi connectivity index (χ3n) is 5.48. The first-order chi connectivity index (χ1) is 13.1. The predicted octanol–water partition coefficient (Wildman–Crippen LogP) is 3.37. The summed E-state index contributed by atoms with van der Waals surface area (Å²) in [5.41, 5.74) is 0.0481. The fourth-order valence-corrected chi connectivity index (χ4v) is 4.56. The molecule has 1 spiro atoms. The topological polar surface area (TPSA) is 66.0 Å². The molecule has 8 heteroatoms. The van der Waals surface area contributed by atoms with Crippen LogP contribution in [-0.4, -0.2) is 55.7 Å². The van der Waals surface area contributed by atoms with Crippen molar-refractivity contribution in [2.75, 3.05) is 27.2 Å². The van der Waals surface area contributed by atoms with Crippen LogP contribution in [0.15, 0.2) is 22.5 Å². The van der Waals surface area contributed by atoms with Gasteiger partial charge in [-0.1, -0.05) is 25.3 Å². The second-order valence-corrected chi connectivity index (χ2v) is 8.84. The molecule has 158 valence electrons. The Hall–Kier alpha value is -0.870. The van der Waals surface area contributed by atoms with Gasteiger partial charge in [0.2, 0.25) is 5.91 Å². The molecule has 1 aromatic heterocycles. The van der Waals surface area contributed by atoms with Crippen LogP contribution < -0.4 is 10.6 Å². The van der Waals surface area contributed by atoms with E-state index in [-0.39, 0.29) is 42.0 Å². The highest BCUT2D eigenvalue weighted by Gasteiger charge is 2.38. The lowest BCUT2D eigenvalue weighted by Crippen LogP contribution is -2.52. The quantitative estimate of drug-likeness (QED) is 0.355. The third-order valence-corrected chi connectivity index (χ3v) is 6.36. The number of carbonyl (C=O) groups is 1. The van der Waals surface area contributed by atoms with Crippen molar-refractivity contribution in [3.8, 4) is 0 Å². The summed E-state index contributed by atoms with van der Waals surface area (Å²) in [6.07, 6.45) is 8.18. The van der Waals surface area contributed by atoms with E-state index in [1.807, 2.05) is 6.07 Å². The molecule has 2 N–H and O–H groups in total. The van der Waals surface area contributed by atoms with Gasteiger partial charge in [-0.05, 0) is 37.1 Å². The first kappa shape index (κ1) is 23.4. The number of nitrogens with zero attached hydrogens (tertiary/aromatic N) is 2. The van der Waals surface area contributed by atoms with Gasteiger partial charge >= 0.3 is 0 Å². The van der Waals surface area contributed by atoms with E-state index in [1.54, 1.807) is 30.3 Å². The van der Waals surface area contributed by atoms with Crippen LogP contribution in [0, 0.1) is 0 Å². The Morgan fingerprint density at radius 3 is 2.82 bits per heavy atom. The number of carbonyl (C=O) groups excluding carboxylic acids is 1. The largest absolute Gasteiger partial charge is 0.375 e. The normalized spacial score (nSPS) is 21.6. The number of thiophene rings is 1. The van der Waals surface area contributed by atoms with E-state index in [0.717, 1.165) is 25.4 Å². The number of halogens is 1. The zero-order chi connectivity index (χ0) is 19.1. The molecule has 1 aliphatic heterocycles. The monoisotopic (exact) mass is 520 g/mol. The predicted molar refractivity (Wildman–Crippen MR) is 125 cm³/mol. The van der Waals surface area contributed by atoms with Crippen LogP contribution in [0.1, 0.15) is 49.8 Å². The van der Waals surface area contributed by atoms with Crippen molar-refractivity contribution in [1.29, 1.82) is 0 Å². The zero-order valence-corrected chi connectivity index (χ0v) is 20.1. The molecular weight excluding hydrogens is 487 g/mol. The van der Waals surface area contributed by atoms with Gasteiger partial charge in [-0.2, -0.15) is 0 Å². The molecule has 1 aliphatic carbocycles. The van der Waals surface area contributed by atoms with Gasteiger partial charge in [0.1, 0.15) is 6.54 Å². The highest BCUT2D eigenvalue weighted by Crippen LogP contribution is 2.38. The lowest BCUT2D eigenvalue weighted by Gasteiger charge is -2.44. The summed E-state index contributed by atoms with van der Waals surface area (Å²) in [6, 6.07) is 4.49. The van der Waals surface area contributed by atoms with Gasteiger partial charge in [-0.15, -0.1) is 35.3 Å². The summed E-state index contributed by atoms with van der Waals surface area (Å²) in [7, 11) is 3.52. The Labute approximate surface area is 189 Å². The Bertz CT molecular complexity index is 625. The van der Waals surface area contributed by atoms with E-state index in [0.29, 0.717) is 12.6 Å². The maximum absolute atomic E-state index is 12.0. The molecule has 1 aromatic rings. The Morgan fingerprint density at radius 1 is 1.36 bits per heavy atom. The number of nitrogens with one attached hydrogen (secondary N) is 2. The summed E-state index contributed by atoms with van der Waals surface area (Å²) in [5.74, 6) is 0.722. The SMILES string of the molecule is CN(C)C(=O)CN=C(NCc1cccs1)NC1CCOC2(CCCCC2)C1.I. The first-order valence-corrected chi connectivity index (χ1v) is 10.9. The van der Waals surface area contributed by atoms with Gasteiger partial charge in [-0.25, -0.2) is 4.99 Å². The van der Waals surface area contributed by atoms with Crippen LogP contribution in [0.3, 0.4) is 0 Å². The summed E-state index contributed by atoms with van der Waals surface area (Å²) < 4.78 is 6.21. The number of aliphatic imine (C=N–C) groups is 1. The van der Waals surface area contributed by atoms with Crippen LogP contribution in [-0.2, 0) is 16.1 Å². The van der Waals surface area contributed by atoms with Crippen molar-refractivity contribution in [3.05, 3.63) is 22.4 Å².